The van der Waals surface area contributed by atoms with E-state index in [1.54, 1.807) is 12.2 Å². The van der Waals surface area contributed by atoms with Crippen LogP contribution in [0.5, 0.6) is 0 Å². The first-order valence-electron chi connectivity index (χ1n) is 8.76. The molecule has 27 heavy (non-hydrogen) atoms. The lowest BCUT2D eigenvalue weighted by Crippen LogP contribution is -2.43. The van der Waals surface area contributed by atoms with Gasteiger partial charge < -0.3 is 10.2 Å². The summed E-state index contributed by atoms with van der Waals surface area (Å²) in [4.78, 5) is 13.9. The number of nitrogens with zero attached hydrogens (tertiary/aromatic N) is 1. The first-order valence-corrected chi connectivity index (χ1v) is 10.2. The van der Waals surface area contributed by atoms with E-state index in [1.807, 2.05) is 0 Å². The Balaban J connectivity index is 2.01. The van der Waals surface area contributed by atoms with Crippen LogP contribution in [0.25, 0.3) is 0 Å². The average Bonchev–Trinajstić information content (AvgIpc) is 2.59. The van der Waals surface area contributed by atoms with E-state index < -0.39 is 28.7 Å². The summed E-state index contributed by atoms with van der Waals surface area (Å²) in [6, 6.07) is 4.63. The third kappa shape index (κ3) is 7.11. The maximum absolute atomic E-state index is 12.5. The molecular formula is C17H24F3N3O3S. The summed E-state index contributed by atoms with van der Waals surface area (Å²) in [5.74, 6) is -0.981. The van der Waals surface area contributed by atoms with Crippen molar-refractivity contribution >= 4 is 15.9 Å². The Morgan fingerprint density at radius 1 is 1.22 bits per heavy atom. The zero-order chi connectivity index (χ0) is 20.1. The van der Waals surface area contributed by atoms with E-state index in [0.29, 0.717) is 6.54 Å². The minimum Gasteiger partial charge on any atom is -0.343 e. The summed E-state index contributed by atoms with van der Waals surface area (Å²) in [7, 11) is -3.89. The Bertz CT molecular complexity index is 747. The summed E-state index contributed by atoms with van der Waals surface area (Å²) < 4.78 is 64.3. The highest BCUT2D eigenvalue weighted by Gasteiger charge is 2.28. The van der Waals surface area contributed by atoms with Crippen molar-refractivity contribution in [2.75, 3.05) is 26.2 Å². The number of likely N-dealkylation sites (tertiary alicyclic amines) is 1. The fourth-order valence-electron chi connectivity index (χ4n) is 2.99. The predicted octanol–water partition coefficient (Wildman–Crippen LogP) is 2.13. The predicted molar refractivity (Wildman–Crippen MR) is 94.9 cm³/mol. The van der Waals surface area contributed by atoms with Gasteiger partial charge >= 0.3 is 6.18 Å². The topological polar surface area (TPSA) is 78.5 Å². The smallest absolute Gasteiger partial charge is 0.343 e. The maximum Gasteiger partial charge on any atom is 0.405 e. The lowest BCUT2D eigenvalue weighted by molar-refractivity contribution is -0.123. The minimum atomic E-state index is -4.54. The van der Waals surface area contributed by atoms with Gasteiger partial charge in [-0.15, -0.1) is 0 Å². The quantitative estimate of drug-likeness (QED) is 0.726. The Morgan fingerprint density at radius 3 is 2.52 bits per heavy atom. The van der Waals surface area contributed by atoms with Crippen molar-refractivity contribution < 1.29 is 26.4 Å². The molecule has 0 saturated carbocycles. The third-order valence-electron chi connectivity index (χ3n) is 4.19. The zero-order valence-corrected chi connectivity index (χ0v) is 15.9. The number of piperidine rings is 1. The van der Waals surface area contributed by atoms with Gasteiger partial charge in [0.05, 0.1) is 4.90 Å². The van der Waals surface area contributed by atoms with Gasteiger partial charge in [0.2, 0.25) is 10.0 Å². The molecule has 1 aromatic rings. The lowest BCUT2D eigenvalue weighted by atomic mass is 10.1. The number of halogens is 3. The van der Waals surface area contributed by atoms with E-state index in [2.05, 4.69) is 9.62 Å². The van der Waals surface area contributed by atoms with Crippen LogP contribution in [-0.4, -0.2) is 57.6 Å². The molecule has 6 nitrogen and oxygen atoms in total. The number of sulfonamides is 1. The number of hydrogen-bond acceptors (Lipinski definition) is 4. The molecule has 0 bridgehead atoms. The van der Waals surface area contributed by atoms with Crippen molar-refractivity contribution in [2.24, 2.45) is 0 Å². The van der Waals surface area contributed by atoms with Crippen LogP contribution in [-0.2, 0) is 10.0 Å². The molecule has 1 heterocycles. The molecule has 0 spiro atoms. The summed E-state index contributed by atoms with van der Waals surface area (Å²) in [5.41, 5.74) is -0.147. The molecule has 2 rings (SSSR count). The number of carbonyl (C=O) groups is 1. The summed E-state index contributed by atoms with van der Waals surface area (Å²) in [6.45, 7) is 2.72. The Kier molecular flexibility index (Phi) is 7.24. The second-order valence-electron chi connectivity index (χ2n) is 6.71. The van der Waals surface area contributed by atoms with Gasteiger partial charge in [-0.25, -0.2) is 13.1 Å². The largest absolute Gasteiger partial charge is 0.405 e. The van der Waals surface area contributed by atoms with Gasteiger partial charge in [0.15, 0.2) is 0 Å². The highest BCUT2D eigenvalue weighted by molar-refractivity contribution is 7.89. The van der Waals surface area contributed by atoms with Crippen LogP contribution in [0.1, 0.15) is 36.5 Å². The fraction of sp³-hybridized carbons (Fsp3) is 0.588. The van der Waals surface area contributed by atoms with Crippen LogP contribution in [0.3, 0.4) is 0 Å². The van der Waals surface area contributed by atoms with Crippen LogP contribution in [0, 0.1) is 0 Å². The molecule has 0 radical (unpaired) electrons. The second-order valence-corrected chi connectivity index (χ2v) is 8.42. The third-order valence-corrected chi connectivity index (χ3v) is 5.78. The minimum absolute atomic E-state index is 0.147. The number of alkyl halides is 3. The number of nitrogens with one attached hydrogen (secondary N) is 2. The first-order chi connectivity index (χ1) is 12.6. The Labute approximate surface area is 157 Å². The average molecular weight is 407 g/mol. The van der Waals surface area contributed by atoms with E-state index in [9.17, 15) is 26.4 Å². The molecule has 1 saturated heterocycles. The fourth-order valence-corrected chi connectivity index (χ4v) is 4.27. The van der Waals surface area contributed by atoms with Crippen molar-refractivity contribution in [1.82, 2.24) is 14.9 Å². The molecule has 2 N–H and O–H groups in total. The van der Waals surface area contributed by atoms with Crippen LogP contribution in [0.15, 0.2) is 29.2 Å². The molecule has 1 aromatic carbocycles. The standard InChI is InChI=1S/C17H24F3N3O3S/c1-13(11-23-8-3-2-4-9-23)22-27(25,26)15-7-5-6-14(10-15)16(24)21-12-17(18,19)20/h5-7,10,13,22H,2-4,8-9,11-12H2,1H3,(H,21,24). The van der Waals surface area contributed by atoms with Gasteiger partial charge in [0.25, 0.3) is 5.91 Å². The van der Waals surface area contributed by atoms with Crippen molar-refractivity contribution in [2.45, 2.75) is 43.3 Å². The number of hydrogen-bond donors (Lipinski definition) is 2. The summed E-state index contributed by atoms with van der Waals surface area (Å²) >= 11 is 0. The molecule has 10 heteroatoms. The normalized spacial score (nSPS) is 17.5. The molecule has 1 amide bonds. The molecule has 0 aliphatic carbocycles. The van der Waals surface area contributed by atoms with Crippen LogP contribution in [0.4, 0.5) is 13.2 Å². The molecule has 1 aliphatic heterocycles. The van der Waals surface area contributed by atoms with Crippen molar-refractivity contribution in [3.8, 4) is 0 Å². The monoisotopic (exact) mass is 407 g/mol. The number of benzene rings is 1. The molecular weight excluding hydrogens is 383 g/mol. The SMILES string of the molecule is CC(CN1CCCCC1)NS(=O)(=O)c1cccc(C(=O)NCC(F)(F)F)c1. The number of amides is 1. The van der Waals surface area contributed by atoms with Gasteiger partial charge in [-0.2, -0.15) is 13.2 Å². The second kappa shape index (κ2) is 9.03. The van der Waals surface area contributed by atoms with E-state index in [0.717, 1.165) is 32.0 Å². The zero-order valence-electron chi connectivity index (χ0n) is 15.1. The van der Waals surface area contributed by atoms with Gasteiger partial charge in [0, 0.05) is 18.2 Å². The van der Waals surface area contributed by atoms with Crippen molar-refractivity contribution in [3.05, 3.63) is 29.8 Å². The molecule has 1 atom stereocenters. The molecule has 152 valence electrons. The van der Waals surface area contributed by atoms with Crippen molar-refractivity contribution in [3.63, 3.8) is 0 Å². The summed E-state index contributed by atoms with van der Waals surface area (Å²) in [5, 5.41) is 1.73. The Morgan fingerprint density at radius 2 is 1.89 bits per heavy atom. The van der Waals surface area contributed by atoms with Gasteiger partial charge in [-0.1, -0.05) is 12.5 Å². The van der Waals surface area contributed by atoms with Crippen LogP contribution < -0.4 is 10.0 Å². The van der Waals surface area contributed by atoms with E-state index in [4.69, 9.17) is 0 Å². The number of rotatable bonds is 7. The summed E-state index contributed by atoms with van der Waals surface area (Å²) in [6.07, 6.45) is -1.17. The Hall–Kier alpha value is -1.65. The number of carbonyl (C=O) groups excluding carboxylic acids is 1. The molecule has 1 fully saturated rings. The van der Waals surface area contributed by atoms with Gasteiger partial charge in [-0.3, -0.25) is 4.79 Å². The lowest BCUT2D eigenvalue weighted by Gasteiger charge is -2.29. The highest BCUT2D eigenvalue weighted by atomic mass is 32.2. The molecule has 1 aliphatic rings. The highest BCUT2D eigenvalue weighted by Crippen LogP contribution is 2.15. The van der Waals surface area contributed by atoms with Gasteiger partial charge in [-0.05, 0) is 51.1 Å². The first kappa shape index (κ1) is 21.6. The van der Waals surface area contributed by atoms with Crippen LogP contribution >= 0.6 is 0 Å². The van der Waals surface area contributed by atoms with E-state index >= 15 is 0 Å². The maximum atomic E-state index is 12.5. The van der Waals surface area contributed by atoms with Crippen LogP contribution in [0.2, 0.25) is 0 Å². The van der Waals surface area contributed by atoms with Gasteiger partial charge in [0.1, 0.15) is 6.54 Å². The molecule has 1 unspecified atom stereocenters. The van der Waals surface area contributed by atoms with E-state index in [-0.39, 0.29) is 16.5 Å². The van der Waals surface area contributed by atoms with Crippen molar-refractivity contribution in [1.29, 1.82) is 0 Å². The van der Waals surface area contributed by atoms with E-state index in [1.165, 1.54) is 24.6 Å². The molecule has 0 aromatic heterocycles.